The Labute approximate surface area is 92.0 Å². The molecule has 0 spiro atoms. The predicted octanol–water partition coefficient (Wildman–Crippen LogP) is 2.28. The molecule has 0 atom stereocenters. The molecule has 1 aromatic rings. The summed E-state index contributed by atoms with van der Waals surface area (Å²) in [5.41, 5.74) is 0.588. The first-order chi connectivity index (χ1) is 7.69. The topological polar surface area (TPSA) is 81.5 Å². The van der Waals surface area contributed by atoms with Crippen LogP contribution in [-0.2, 0) is 0 Å². The lowest BCUT2D eigenvalue weighted by Crippen LogP contribution is -1.90. The van der Waals surface area contributed by atoms with E-state index in [0.717, 1.165) is 12.3 Å². The van der Waals surface area contributed by atoms with Crippen molar-refractivity contribution in [3.8, 4) is 6.07 Å². The molecule has 1 heterocycles. The zero-order chi connectivity index (χ0) is 12.0. The minimum atomic E-state index is -0.248. The molecule has 1 rings (SSSR count). The van der Waals surface area contributed by atoms with Gasteiger partial charge in [0.15, 0.2) is 12.0 Å². The molecule has 16 heavy (non-hydrogen) atoms. The van der Waals surface area contributed by atoms with Gasteiger partial charge in [-0.1, -0.05) is 0 Å². The summed E-state index contributed by atoms with van der Waals surface area (Å²) in [6.45, 7) is 6.53. The molecule has 5 nitrogen and oxygen atoms in total. The maximum atomic E-state index is 9.33. The Morgan fingerprint density at radius 3 is 2.69 bits per heavy atom. The van der Waals surface area contributed by atoms with Crippen molar-refractivity contribution >= 4 is 11.5 Å². The maximum absolute atomic E-state index is 9.33. The van der Waals surface area contributed by atoms with Crippen LogP contribution < -0.4 is 0 Å². The van der Waals surface area contributed by atoms with Gasteiger partial charge >= 0.3 is 0 Å². The summed E-state index contributed by atoms with van der Waals surface area (Å²) < 4.78 is 0. The molecule has 0 unspecified atom stereocenters. The predicted molar refractivity (Wildman–Crippen MR) is 57.7 cm³/mol. The lowest BCUT2D eigenvalue weighted by Gasteiger charge is -2.00. The van der Waals surface area contributed by atoms with E-state index < -0.39 is 0 Å². The normalized spacial score (nSPS) is 11.6. The molecular formula is C11H7N3O2. The first-order valence-electron chi connectivity index (χ1n) is 4.20. The SMILES string of the molecule is [C-]#[N+]/C=C(\O)c1ccc(/C(O)=C/C#N)nc1. The van der Waals surface area contributed by atoms with Gasteiger partial charge in [0.25, 0.3) is 0 Å². The van der Waals surface area contributed by atoms with Gasteiger partial charge in [-0.3, -0.25) is 4.98 Å². The van der Waals surface area contributed by atoms with Crippen molar-refractivity contribution in [3.05, 3.63) is 53.3 Å². The van der Waals surface area contributed by atoms with Crippen molar-refractivity contribution in [1.29, 1.82) is 5.26 Å². The fourth-order valence-corrected chi connectivity index (χ4v) is 0.968. The van der Waals surface area contributed by atoms with Gasteiger partial charge in [0, 0.05) is 11.8 Å². The molecule has 0 bridgehead atoms. The van der Waals surface area contributed by atoms with Crippen molar-refractivity contribution in [2.75, 3.05) is 0 Å². The number of hydrogen-bond acceptors (Lipinski definition) is 4. The van der Waals surface area contributed by atoms with Gasteiger partial charge in [-0.25, -0.2) is 4.85 Å². The zero-order valence-corrected chi connectivity index (χ0v) is 8.12. The van der Waals surface area contributed by atoms with Crippen LogP contribution in [0.3, 0.4) is 0 Å². The first kappa shape index (κ1) is 11.3. The molecule has 78 valence electrons. The number of aliphatic hydroxyl groups is 2. The van der Waals surface area contributed by atoms with Gasteiger partial charge in [0.2, 0.25) is 0 Å². The number of nitrogens with zero attached hydrogens (tertiary/aromatic N) is 3. The molecule has 0 aromatic carbocycles. The maximum Gasteiger partial charge on any atom is 0.195 e. The number of hydrogen-bond donors (Lipinski definition) is 2. The van der Waals surface area contributed by atoms with E-state index in [-0.39, 0.29) is 17.2 Å². The second-order valence-electron chi connectivity index (χ2n) is 2.73. The molecule has 0 fully saturated rings. The Morgan fingerprint density at radius 2 is 2.19 bits per heavy atom. The van der Waals surface area contributed by atoms with E-state index in [2.05, 4.69) is 9.83 Å². The van der Waals surface area contributed by atoms with Gasteiger partial charge in [0.05, 0.1) is 18.7 Å². The summed E-state index contributed by atoms with van der Waals surface area (Å²) >= 11 is 0. The molecule has 0 radical (unpaired) electrons. The Morgan fingerprint density at radius 1 is 1.44 bits per heavy atom. The smallest absolute Gasteiger partial charge is 0.195 e. The largest absolute Gasteiger partial charge is 0.519 e. The Bertz CT molecular complexity index is 467. The minimum absolute atomic E-state index is 0.196. The van der Waals surface area contributed by atoms with Crippen LogP contribution in [0.25, 0.3) is 16.4 Å². The fraction of sp³-hybridized carbons (Fsp3) is 0. The molecule has 5 heteroatoms. The Hall–Kier alpha value is -2.79. The van der Waals surface area contributed by atoms with E-state index in [0.29, 0.717) is 5.56 Å². The summed E-state index contributed by atoms with van der Waals surface area (Å²) in [7, 11) is 0. The molecule has 0 amide bonds. The van der Waals surface area contributed by atoms with Gasteiger partial charge in [0.1, 0.15) is 11.5 Å². The number of rotatable bonds is 2. The fourth-order valence-electron chi connectivity index (χ4n) is 0.968. The van der Waals surface area contributed by atoms with Crippen LogP contribution in [-0.4, -0.2) is 15.2 Å². The Kier molecular flexibility index (Phi) is 3.65. The summed E-state index contributed by atoms with van der Waals surface area (Å²) in [4.78, 5) is 6.73. The second kappa shape index (κ2) is 5.18. The van der Waals surface area contributed by atoms with E-state index in [9.17, 15) is 10.2 Å². The van der Waals surface area contributed by atoms with E-state index in [1.54, 1.807) is 6.07 Å². The zero-order valence-electron chi connectivity index (χ0n) is 8.12. The summed E-state index contributed by atoms with van der Waals surface area (Å²) in [5, 5.41) is 26.9. The lowest BCUT2D eigenvalue weighted by molar-refractivity contribution is 0.506. The van der Waals surface area contributed by atoms with Crippen molar-refractivity contribution in [1.82, 2.24) is 4.98 Å². The van der Waals surface area contributed by atoms with Gasteiger partial charge in [-0.05, 0) is 12.1 Å². The van der Waals surface area contributed by atoms with Crippen molar-refractivity contribution in [2.45, 2.75) is 0 Å². The lowest BCUT2D eigenvalue weighted by atomic mass is 10.2. The minimum Gasteiger partial charge on any atom is -0.519 e. The van der Waals surface area contributed by atoms with Crippen LogP contribution in [0.2, 0.25) is 0 Å². The number of aliphatic hydroxyl groups excluding tert-OH is 2. The highest BCUT2D eigenvalue weighted by atomic mass is 16.3. The van der Waals surface area contributed by atoms with Crippen LogP contribution in [0.1, 0.15) is 11.3 Å². The second-order valence-corrected chi connectivity index (χ2v) is 2.73. The van der Waals surface area contributed by atoms with E-state index in [1.165, 1.54) is 18.3 Å². The molecule has 1 aromatic heterocycles. The molecule has 2 N–H and O–H groups in total. The van der Waals surface area contributed by atoms with Crippen molar-refractivity contribution < 1.29 is 10.2 Å². The Balaban J connectivity index is 3.02. The average Bonchev–Trinajstić information content (AvgIpc) is 2.30. The summed E-state index contributed by atoms with van der Waals surface area (Å²) in [5.74, 6) is -0.444. The van der Waals surface area contributed by atoms with Gasteiger partial charge in [-0.2, -0.15) is 5.26 Å². The van der Waals surface area contributed by atoms with Crippen LogP contribution in [0, 0.1) is 17.9 Å². The standard InChI is InChI=1S/C11H7N3O2/c1-13-7-11(16)8-2-3-9(14-6-8)10(15)4-5-12/h2-4,6-7,15-16H/b10-4-,11-7-. The van der Waals surface area contributed by atoms with E-state index in [1.807, 2.05) is 0 Å². The van der Waals surface area contributed by atoms with E-state index >= 15 is 0 Å². The molecule has 0 saturated heterocycles. The third-order valence-corrected chi connectivity index (χ3v) is 1.71. The average molecular weight is 213 g/mol. The van der Waals surface area contributed by atoms with Crippen LogP contribution in [0.15, 0.2) is 30.6 Å². The monoisotopic (exact) mass is 213 g/mol. The number of allylic oxidation sites excluding steroid dienone is 1. The van der Waals surface area contributed by atoms with Crippen LogP contribution >= 0.6 is 0 Å². The van der Waals surface area contributed by atoms with Crippen LogP contribution in [0.5, 0.6) is 0 Å². The molecular weight excluding hydrogens is 206 g/mol. The highest BCUT2D eigenvalue weighted by molar-refractivity contribution is 5.62. The van der Waals surface area contributed by atoms with Gasteiger partial charge < -0.3 is 10.2 Å². The van der Waals surface area contributed by atoms with Crippen molar-refractivity contribution in [3.63, 3.8) is 0 Å². The number of aromatic nitrogens is 1. The summed E-state index contributed by atoms with van der Waals surface area (Å²) in [6.07, 6.45) is 3.21. The quantitative estimate of drug-likeness (QED) is 0.448. The molecule has 0 aliphatic rings. The van der Waals surface area contributed by atoms with Crippen LogP contribution in [0.4, 0.5) is 0 Å². The molecule has 0 saturated carbocycles. The van der Waals surface area contributed by atoms with Gasteiger partial charge in [-0.15, -0.1) is 0 Å². The van der Waals surface area contributed by atoms with E-state index in [4.69, 9.17) is 11.8 Å². The number of pyridine rings is 1. The third kappa shape index (κ3) is 2.60. The highest BCUT2D eigenvalue weighted by Gasteiger charge is 2.02. The first-order valence-corrected chi connectivity index (χ1v) is 4.20. The van der Waals surface area contributed by atoms with Crippen molar-refractivity contribution in [2.24, 2.45) is 0 Å². The third-order valence-electron chi connectivity index (χ3n) is 1.71. The highest BCUT2D eigenvalue weighted by Crippen LogP contribution is 2.13. The number of nitriles is 1. The molecule has 0 aliphatic carbocycles. The molecule has 0 aliphatic heterocycles. The summed E-state index contributed by atoms with van der Waals surface area (Å²) in [6, 6.07) is 4.59.